The first-order chi connectivity index (χ1) is 8.77. The fraction of sp³-hybridized carbons (Fsp3) is 0.188. The lowest BCUT2D eigenvalue weighted by Gasteiger charge is -2.00. The predicted molar refractivity (Wildman–Crippen MR) is 84.7 cm³/mol. The number of pyridine rings is 1. The molecule has 2 nitrogen and oxygen atoms in total. The van der Waals surface area contributed by atoms with Crippen LogP contribution in [-0.4, -0.2) is 4.98 Å². The van der Waals surface area contributed by atoms with Gasteiger partial charge >= 0.3 is 0 Å². The summed E-state index contributed by atoms with van der Waals surface area (Å²) in [5.41, 5.74) is 7.50. The topological polar surface area (TPSA) is 38.9 Å². The van der Waals surface area contributed by atoms with Crippen molar-refractivity contribution in [2.75, 3.05) is 5.73 Å². The number of aromatic nitrogens is 1. The van der Waals surface area contributed by atoms with Gasteiger partial charge in [0.15, 0.2) is 0 Å². The number of nitrogens with two attached hydrogens (primary N) is 1. The maximum absolute atomic E-state index is 5.65. The summed E-state index contributed by atoms with van der Waals surface area (Å²) in [6.07, 6.45) is 1.80. The van der Waals surface area contributed by atoms with E-state index in [2.05, 4.69) is 31.3 Å². The Morgan fingerprint density at radius 1 is 1.00 bits per heavy atom. The van der Waals surface area contributed by atoms with E-state index in [0.717, 1.165) is 16.8 Å². The minimum Gasteiger partial charge on any atom is -0.399 e. The summed E-state index contributed by atoms with van der Waals surface area (Å²) in [4.78, 5) is 4.20. The van der Waals surface area contributed by atoms with E-state index in [9.17, 15) is 0 Å². The zero-order valence-electron chi connectivity index (χ0n) is 11.7. The highest BCUT2D eigenvalue weighted by Gasteiger charge is 1.96. The van der Waals surface area contributed by atoms with Gasteiger partial charge in [-0.1, -0.05) is 19.9 Å². The van der Waals surface area contributed by atoms with Crippen LogP contribution in [0, 0.1) is 6.92 Å². The molecule has 0 aliphatic rings. The maximum Gasteiger partial charge on any atom is 0.0450 e. The number of nitrogen functional groups attached to an aromatic ring is 1. The van der Waals surface area contributed by atoms with Gasteiger partial charge in [0.1, 0.15) is 0 Å². The number of fused-ring (bicyclic) bond motifs is 1. The number of benzene rings is 1. The molecule has 0 spiro atoms. The first-order valence-corrected chi connectivity index (χ1v) is 5.88. The van der Waals surface area contributed by atoms with Crippen molar-refractivity contribution < 1.29 is 0 Å². The normalized spacial score (nSPS) is 7.72. The second-order valence-electron chi connectivity index (χ2n) is 2.88. The summed E-state index contributed by atoms with van der Waals surface area (Å²) in [5, 5.41) is 2.33. The number of anilines is 1. The molecule has 1 aromatic carbocycles. The van der Waals surface area contributed by atoms with Crippen LogP contribution >= 0.6 is 0 Å². The molecule has 0 atom stereocenters. The van der Waals surface area contributed by atoms with Gasteiger partial charge in [0, 0.05) is 23.0 Å². The SMILES string of the molecule is C=C.C=C.CC.Cc1nccc2cc(N)ccc12. The molecule has 0 fully saturated rings. The lowest BCUT2D eigenvalue weighted by molar-refractivity contribution is 1.24. The highest BCUT2D eigenvalue weighted by molar-refractivity contribution is 5.86. The van der Waals surface area contributed by atoms with Crippen LogP contribution < -0.4 is 5.73 Å². The molecule has 1 aromatic heterocycles. The second kappa shape index (κ2) is 11.4. The van der Waals surface area contributed by atoms with Crippen LogP contribution in [0.25, 0.3) is 10.8 Å². The third-order valence-electron chi connectivity index (χ3n) is 1.99. The molecule has 0 radical (unpaired) electrons. The average molecular weight is 244 g/mol. The summed E-state index contributed by atoms with van der Waals surface area (Å²) >= 11 is 0. The van der Waals surface area contributed by atoms with Gasteiger partial charge in [-0.05, 0) is 30.5 Å². The fourth-order valence-corrected chi connectivity index (χ4v) is 1.35. The minimum atomic E-state index is 0.799. The van der Waals surface area contributed by atoms with Crippen molar-refractivity contribution in [2.24, 2.45) is 0 Å². The zero-order valence-corrected chi connectivity index (χ0v) is 11.7. The van der Waals surface area contributed by atoms with Crippen LogP contribution in [0.1, 0.15) is 19.5 Å². The number of hydrogen-bond acceptors (Lipinski definition) is 2. The lowest BCUT2D eigenvalue weighted by Crippen LogP contribution is -1.86. The molecule has 0 amide bonds. The molecule has 2 rings (SSSR count). The Morgan fingerprint density at radius 3 is 2.11 bits per heavy atom. The van der Waals surface area contributed by atoms with E-state index in [1.807, 2.05) is 45.0 Å². The van der Waals surface area contributed by atoms with E-state index in [1.165, 1.54) is 5.39 Å². The van der Waals surface area contributed by atoms with E-state index in [0.29, 0.717) is 0 Å². The van der Waals surface area contributed by atoms with Crippen molar-refractivity contribution in [3.63, 3.8) is 0 Å². The zero-order chi connectivity index (χ0) is 14.6. The van der Waals surface area contributed by atoms with Crippen LogP contribution in [0.5, 0.6) is 0 Å². The van der Waals surface area contributed by atoms with E-state index in [1.54, 1.807) is 6.20 Å². The van der Waals surface area contributed by atoms with Gasteiger partial charge in [0.25, 0.3) is 0 Å². The summed E-state index contributed by atoms with van der Waals surface area (Å²) in [7, 11) is 0. The fourth-order valence-electron chi connectivity index (χ4n) is 1.35. The molecular weight excluding hydrogens is 220 g/mol. The molecule has 0 aliphatic carbocycles. The molecule has 0 saturated carbocycles. The van der Waals surface area contributed by atoms with Gasteiger partial charge in [0.2, 0.25) is 0 Å². The summed E-state index contributed by atoms with van der Waals surface area (Å²) in [5.74, 6) is 0. The smallest absolute Gasteiger partial charge is 0.0450 e. The van der Waals surface area contributed by atoms with Crippen LogP contribution in [-0.2, 0) is 0 Å². The van der Waals surface area contributed by atoms with Gasteiger partial charge in [0.05, 0.1) is 0 Å². The monoisotopic (exact) mass is 244 g/mol. The molecule has 1 heterocycles. The first-order valence-electron chi connectivity index (χ1n) is 5.88. The van der Waals surface area contributed by atoms with Crippen LogP contribution in [0.3, 0.4) is 0 Å². The van der Waals surface area contributed by atoms with Crippen molar-refractivity contribution >= 4 is 16.5 Å². The van der Waals surface area contributed by atoms with Gasteiger partial charge in [-0.3, -0.25) is 4.98 Å². The molecule has 98 valence electrons. The molecule has 2 aromatic rings. The molecule has 0 aliphatic heterocycles. The third-order valence-corrected chi connectivity index (χ3v) is 1.99. The quantitative estimate of drug-likeness (QED) is 0.536. The molecule has 0 unspecified atom stereocenters. The Labute approximate surface area is 111 Å². The summed E-state index contributed by atoms with van der Waals surface area (Å²) < 4.78 is 0. The van der Waals surface area contributed by atoms with E-state index in [4.69, 9.17) is 5.73 Å². The number of aryl methyl sites for hydroxylation is 1. The Kier molecular flexibility index (Phi) is 11.6. The van der Waals surface area contributed by atoms with Gasteiger partial charge < -0.3 is 5.73 Å². The van der Waals surface area contributed by atoms with Crippen molar-refractivity contribution in [3.05, 3.63) is 62.5 Å². The van der Waals surface area contributed by atoms with Crippen molar-refractivity contribution in [1.29, 1.82) is 0 Å². The number of nitrogens with zero attached hydrogens (tertiary/aromatic N) is 1. The third kappa shape index (κ3) is 5.30. The number of hydrogen-bond donors (Lipinski definition) is 1. The van der Waals surface area contributed by atoms with Crippen LogP contribution in [0.15, 0.2) is 56.8 Å². The highest BCUT2D eigenvalue weighted by Crippen LogP contribution is 2.18. The number of rotatable bonds is 0. The molecule has 0 saturated heterocycles. The van der Waals surface area contributed by atoms with Gasteiger partial charge in [-0.2, -0.15) is 0 Å². The van der Waals surface area contributed by atoms with Crippen LogP contribution in [0.2, 0.25) is 0 Å². The van der Waals surface area contributed by atoms with Gasteiger partial charge in [-0.15, -0.1) is 26.3 Å². The minimum absolute atomic E-state index is 0.799. The predicted octanol–water partition coefficient (Wildman–Crippen LogP) is 4.76. The Hall–Kier alpha value is -2.09. The Morgan fingerprint density at radius 2 is 1.56 bits per heavy atom. The van der Waals surface area contributed by atoms with Crippen molar-refractivity contribution in [2.45, 2.75) is 20.8 Å². The lowest BCUT2D eigenvalue weighted by atomic mass is 10.1. The van der Waals surface area contributed by atoms with Gasteiger partial charge in [-0.25, -0.2) is 0 Å². The average Bonchev–Trinajstić information content (AvgIpc) is 2.45. The molecule has 18 heavy (non-hydrogen) atoms. The molecule has 2 heteroatoms. The summed E-state index contributed by atoms with van der Waals surface area (Å²) in [6.45, 7) is 18.0. The molecule has 2 N–H and O–H groups in total. The maximum atomic E-state index is 5.65. The standard InChI is InChI=1S/C10H10N2.C2H6.2C2H4/c1-7-10-3-2-9(11)6-8(10)4-5-12-7;3*1-2/h2-6H,11H2,1H3;1-2H3;2*1-2H2. The highest BCUT2D eigenvalue weighted by atomic mass is 14.7. The summed E-state index contributed by atoms with van der Waals surface area (Å²) in [6, 6.07) is 7.84. The van der Waals surface area contributed by atoms with E-state index in [-0.39, 0.29) is 0 Å². The van der Waals surface area contributed by atoms with E-state index < -0.39 is 0 Å². The molecule has 0 bridgehead atoms. The van der Waals surface area contributed by atoms with Crippen molar-refractivity contribution in [1.82, 2.24) is 4.98 Å². The van der Waals surface area contributed by atoms with E-state index >= 15 is 0 Å². The molecular formula is C16H24N2. The second-order valence-corrected chi connectivity index (χ2v) is 2.88. The van der Waals surface area contributed by atoms with Crippen molar-refractivity contribution in [3.8, 4) is 0 Å². The Balaban J connectivity index is 0. The van der Waals surface area contributed by atoms with Crippen LogP contribution in [0.4, 0.5) is 5.69 Å². The Bertz CT molecular complexity index is 448. The first kappa shape index (κ1) is 18.3. The largest absolute Gasteiger partial charge is 0.399 e.